The van der Waals surface area contributed by atoms with Crippen LogP contribution in [-0.2, 0) is 4.74 Å². The summed E-state index contributed by atoms with van der Waals surface area (Å²) in [5.41, 5.74) is 1.19. The normalized spacial score (nSPS) is 9.25. The molecule has 0 aromatic heterocycles. The first-order valence-electron chi connectivity index (χ1n) is 2.99. The largest absolute Gasteiger partial charge is 0.381 e. The summed E-state index contributed by atoms with van der Waals surface area (Å²) >= 11 is 0. The summed E-state index contributed by atoms with van der Waals surface area (Å²) in [5, 5.41) is 0. The molecule has 0 saturated heterocycles. The van der Waals surface area contributed by atoms with E-state index in [1.807, 2.05) is 13.8 Å². The van der Waals surface area contributed by atoms with Crippen molar-refractivity contribution < 1.29 is 4.74 Å². The molecule has 1 nitrogen and oxygen atoms in total. The predicted octanol–water partition coefficient (Wildman–Crippen LogP) is 1.99. The highest BCUT2D eigenvalue weighted by Crippen LogP contribution is 1.93. The standard InChI is InChI=1S/C7H14O/c1-4-8-6-5-7(2)3/h2,4-6H2,1,3H3. The first-order chi connectivity index (χ1) is 3.77. The molecule has 0 rings (SSSR count). The Hall–Kier alpha value is -0.300. The Labute approximate surface area is 51.4 Å². The van der Waals surface area contributed by atoms with Crippen LogP contribution in [0.3, 0.4) is 0 Å². The molecule has 0 unspecified atom stereocenters. The first kappa shape index (κ1) is 7.70. The highest BCUT2D eigenvalue weighted by molar-refractivity contribution is 4.86. The van der Waals surface area contributed by atoms with Crippen molar-refractivity contribution in [2.24, 2.45) is 0 Å². The van der Waals surface area contributed by atoms with E-state index >= 15 is 0 Å². The van der Waals surface area contributed by atoms with E-state index in [0.29, 0.717) is 0 Å². The lowest BCUT2D eigenvalue weighted by atomic mass is 10.3. The molecule has 0 aliphatic rings. The summed E-state index contributed by atoms with van der Waals surface area (Å²) in [7, 11) is 0. The van der Waals surface area contributed by atoms with E-state index in [9.17, 15) is 0 Å². The smallest absolute Gasteiger partial charge is 0.0502 e. The van der Waals surface area contributed by atoms with Gasteiger partial charge in [-0.3, -0.25) is 0 Å². The highest BCUT2D eigenvalue weighted by Gasteiger charge is 1.83. The Balaban J connectivity index is 2.82. The van der Waals surface area contributed by atoms with Crippen molar-refractivity contribution in [3.63, 3.8) is 0 Å². The number of hydrogen-bond acceptors (Lipinski definition) is 1. The second kappa shape index (κ2) is 4.85. The molecule has 0 aromatic rings. The molecule has 0 spiro atoms. The monoisotopic (exact) mass is 114 g/mol. The topological polar surface area (TPSA) is 9.23 Å². The molecule has 0 aliphatic carbocycles. The van der Waals surface area contributed by atoms with Gasteiger partial charge in [-0.25, -0.2) is 0 Å². The molecular formula is C7H14O. The Morgan fingerprint density at radius 3 is 2.62 bits per heavy atom. The minimum Gasteiger partial charge on any atom is -0.381 e. The summed E-state index contributed by atoms with van der Waals surface area (Å²) in [6.07, 6.45) is 0.994. The molecule has 0 aliphatic heterocycles. The van der Waals surface area contributed by atoms with Crippen LogP contribution in [0.5, 0.6) is 0 Å². The van der Waals surface area contributed by atoms with Crippen molar-refractivity contribution in [3.8, 4) is 0 Å². The summed E-state index contributed by atoms with van der Waals surface area (Å²) in [5.74, 6) is 0. The highest BCUT2D eigenvalue weighted by atomic mass is 16.5. The molecule has 0 radical (unpaired) electrons. The quantitative estimate of drug-likeness (QED) is 0.401. The Morgan fingerprint density at radius 1 is 1.62 bits per heavy atom. The lowest BCUT2D eigenvalue weighted by Gasteiger charge is -1.97. The van der Waals surface area contributed by atoms with Crippen molar-refractivity contribution in [1.82, 2.24) is 0 Å². The van der Waals surface area contributed by atoms with Gasteiger partial charge in [-0.15, -0.1) is 6.58 Å². The zero-order chi connectivity index (χ0) is 6.41. The predicted molar refractivity (Wildman–Crippen MR) is 35.9 cm³/mol. The fourth-order valence-electron chi connectivity index (χ4n) is 0.391. The Bertz CT molecular complexity index is 66.8. The van der Waals surface area contributed by atoms with Crippen LogP contribution in [0.25, 0.3) is 0 Å². The van der Waals surface area contributed by atoms with Gasteiger partial charge >= 0.3 is 0 Å². The molecule has 0 N–H and O–H groups in total. The van der Waals surface area contributed by atoms with E-state index in [1.165, 1.54) is 5.57 Å². The molecule has 0 amide bonds. The van der Waals surface area contributed by atoms with Gasteiger partial charge in [0.05, 0.1) is 6.61 Å². The van der Waals surface area contributed by atoms with Crippen LogP contribution in [0, 0.1) is 0 Å². The lowest BCUT2D eigenvalue weighted by molar-refractivity contribution is 0.151. The van der Waals surface area contributed by atoms with Crippen LogP contribution < -0.4 is 0 Å². The molecule has 0 atom stereocenters. The second-order valence-electron chi connectivity index (χ2n) is 1.90. The fourth-order valence-corrected chi connectivity index (χ4v) is 0.391. The van der Waals surface area contributed by atoms with Gasteiger partial charge in [0.15, 0.2) is 0 Å². The van der Waals surface area contributed by atoms with E-state index in [-0.39, 0.29) is 0 Å². The van der Waals surface area contributed by atoms with Crippen LogP contribution in [-0.4, -0.2) is 13.2 Å². The van der Waals surface area contributed by atoms with E-state index in [1.54, 1.807) is 0 Å². The Kier molecular flexibility index (Phi) is 4.67. The Morgan fingerprint density at radius 2 is 2.25 bits per heavy atom. The lowest BCUT2D eigenvalue weighted by Crippen LogP contribution is -1.92. The van der Waals surface area contributed by atoms with Crippen LogP contribution in [0.1, 0.15) is 20.3 Å². The van der Waals surface area contributed by atoms with Gasteiger partial charge < -0.3 is 4.74 Å². The van der Waals surface area contributed by atoms with Crippen molar-refractivity contribution >= 4 is 0 Å². The van der Waals surface area contributed by atoms with Crippen molar-refractivity contribution in [2.75, 3.05) is 13.2 Å². The van der Waals surface area contributed by atoms with Gasteiger partial charge in [0, 0.05) is 6.61 Å². The van der Waals surface area contributed by atoms with Crippen LogP contribution in [0.4, 0.5) is 0 Å². The molecule has 0 bridgehead atoms. The minimum atomic E-state index is 0.813. The fraction of sp³-hybridized carbons (Fsp3) is 0.714. The maximum absolute atomic E-state index is 5.08. The molecule has 0 fully saturated rings. The van der Waals surface area contributed by atoms with E-state index < -0.39 is 0 Å². The average molecular weight is 114 g/mol. The molecule has 0 aromatic carbocycles. The molecule has 48 valence electrons. The molecule has 8 heavy (non-hydrogen) atoms. The molecule has 1 heteroatoms. The summed E-state index contributed by atoms with van der Waals surface area (Å²) in [6, 6.07) is 0. The maximum Gasteiger partial charge on any atom is 0.0502 e. The second-order valence-corrected chi connectivity index (χ2v) is 1.90. The van der Waals surface area contributed by atoms with Crippen LogP contribution >= 0.6 is 0 Å². The van der Waals surface area contributed by atoms with Crippen molar-refractivity contribution in [1.29, 1.82) is 0 Å². The van der Waals surface area contributed by atoms with Gasteiger partial charge in [0.1, 0.15) is 0 Å². The van der Waals surface area contributed by atoms with Gasteiger partial charge in [0.2, 0.25) is 0 Å². The van der Waals surface area contributed by atoms with Gasteiger partial charge in [-0.1, -0.05) is 5.57 Å². The van der Waals surface area contributed by atoms with E-state index in [2.05, 4.69) is 6.58 Å². The first-order valence-corrected chi connectivity index (χ1v) is 2.99. The summed E-state index contributed by atoms with van der Waals surface area (Å²) < 4.78 is 5.08. The number of rotatable bonds is 4. The minimum absolute atomic E-state index is 0.813. The van der Waals surface area contributed by atoms with Crippen molar-refractivity contribution in [2.45, 2.75) is 20.3 Å². The zero-order valence-electron chi connectivity index (χ0n) is 5.74. The third kappa shape index (κ3) is 5.70. The maximum atomic E-state index is 5.08. The third-order valence-corrected chi connectivity index (χ3v) is 0.877. The number of hydrogen-bond donors (Lipinski definition) is 0. The SMILES string of the molecule is C=C(C)CCOCC. The van der Waals surface area contributed by atoms with E-state index in [0.717, 1.165) is 19.6 Å². The van der Waals surface area contributed by atoms with E-state index in [4.69, 9.17) is 4.74 Å². The third-order valence-electron chi connectivity index (χ3n) is 0.877. The summed E-state index contributed by atoms with van der Waals surface area (Å²) in [6.45, 7) is 9.40. The van der Waals surface area contributed by atoms with Gasteiger partial charge in [-0.2, -0.15) is 0 Å². The van der Waals surface area contributed by atoms with Crippen LogP contribution in [0.2, 0.25) is 0 Å². The van der Waals surface area contributed by atoms with Gasteiger partial charge in [0.25, 0.3) is 0 Å². The van der Waals surface area contributed by atoms with Gasteiger partial charge in [-0.05, 0) is 20.3 Å². The number of ether oxygens (including phenoxy) is 1. The van der Waals surface area contributed by atoms with Crippen LogP contribution in [0.15, 0.2) is 12.2 Å². The van der Waals surface area contributed by atoms with Crippen molar-refractivity contribution in [3.05, 3.63) is 12.2 Å². The summed E-state index contributed by atoms with van der Waals surface area (Å²) in [4.78, 5) is 0. The average Bonchev–Trinajstić information content (AvgIpc) is 1.66. The zero-order valence-corrected chi connectivity index (χ0v) is 5.74. The molecule has 0 heterocycles. The molecule has 0 saturated carbocycles. The molecular weight excluding hydrogens is 100 g/mol.